The summed E-state index contributed by atoms with van der Waals surface area (Å²) in [5.41, 5.74) is -0.748. The molecule has 2 saturated heterocycles. The fourth-order valence-electron chi connectivity index (χ4n) is 6.37. The third-order valence-electron chi connectivity index (χ3n) is 10.4. The van der Waals surface area contributed by atoms with E-state index in [1.54, 1.807) is 26.1 Å². The topological polar surface area (TPSA) is 253 Å². The largest absolute Gasteiger partial charge is 0.475 e. The second-order valence-corrected chi connectivity index (χ2v) is 25.2. The first kappa shape index (κ1) is 43.5. The van der Waals surface area contributed by atoms with Gasteiger partial charge in [-0.05, 0) is 37.0 Å². The molecule has 3 aliphatic rings. The minimum Gasteiger partial charge on any atom is -0.408 e. The molecule has 20 nitrogen and oxygen atoms in total. The first-order chi connectivity index (χ1) is 26.8. The van der Waals surface area contributed by atoms with Crippen LogP contribution in [0.15, 0.2) is 29.7 Å². The Kier molecular flexibility index (Phi) is 13.2. The summed E-state index contributed by atoms with van der Waals surface area (Å²) in [5.74, 6) is -0.901. The van der Waals surface area contributed by atoms with Crippen molar-refractivity contribution in [2.45, 2.75) is 109 Å². The average molecular weight is 870 g/mol. The number of hydrogen-bond acceptors (Lipinski definition) is 17. The normalized spacial score (nSPS) is 31.2. The van der Waals surface area contributed by atoms with Gasteiger partial charge in [0.15, 0.2) is 25.7 Å². The van der Waals surface area contributed by atoms with Gasteiger partial charge >= 0.3 is 14.6 Å². The van der Waals surface area contributed by atoms with Gasteiger partial charge in [0.05, 0.1) is 44.7 Å². The van der Waals surface area contributed by atoms with Crippen molar-refractivity contribution in [3.05, 3.63) is 35.3 Å². The van der Waals surface area contributed by atoms with Crippen LogP contribution in [-0.4, -0.2) is 94.0 Å². The number of nitriles is 1. The molecule has 9 atom stereocenters. The number of carbonyl (C=O) groups excluding carboxylic acids is 1. The van der Waals surface area contributed by atoms with Crippen molar-refractivity contribution in [3.63, 3.8) is 0 Å². The Morgan fingerprint density at radius 1 is 1.18 bits per heavy atom. The molecule has 57 heavy (non-hydrogen) atoms. The SMILES string of the molecule is CC(C)C(=O)Nc1nc2c(ncn2[C@@H]2O[C@@H]3COP(=O)(S)O[C@H]4C[C@H](Nc5ccncn5)C[C@@H]4COP(=O)(OCCC#N)O[C@@H]2C3O[Si](C)(C)C(C)(C)C)c(=O)[nH]1. The standard InChI is InChI=1S/C33H49N9O11P2SSi/c1-19(2)29(43)40-32-39-28-25(30(44)41-32)37-18-42(28)31-27-26(53-57(6,7)33(3,4)5)23(50-31)16-49-55(46,56)51-22-14-21(38-24-9-11-35-17-36-24)13-20(22)15-48-54(45,52-27)47-12-8-10-34/h9,11,17-23,26-27,31H,8,12-16H2,1-7H3,(H,46,56)(H,35,36,38)(H2,39,40,41,43,44)/t20-,21-,22+,23-,26?,27-,31-,54?,55?/m1/s1. The van der Waals surface area contributed by atoms with Crippen LogP contribution in [0, 0.1) is 23.2 Å². The number of hydrogen-bond donors (Lipinski definition) is 4. The Morgan fingerprint density at radius 2 is 1.95 bits per heavy atom. The highest BCUT2D eigenvalue weighted by atomic mass is 32.7. The lowest BCUT2D eigenvalue weighted by atomic mass is 10.1. The van der Waals surface area contributed by atoms with Gasteiger partial charge in [0, 0.05) is 24.1 Å². The molecule has 5 heterocycles. The molecule has 3 aromatic heterocycles. The predicted molar refractivity (Wildman–Crippen MR) is 212 cm³/mol. The molecule has 0 radical (unpaired) electrons. The highest BCUT2D eigenvalue weighted by Gasteiger charge is 2.55. The molecule has 0 aromatic carbocycles. The Bertz CT molecular complexity index is 2120. The molecule has 312 valence electrons. The van der Waals surface area contributed by atoms with E-state index in [2.05, 4.69) is 47.8 Å². The van der Waals surface area contributed by atoms with Crippen LogP contribution in [0.3, 0.4) is 0 Å². The summed E-state index contributed by atoms with van der Waals surface area (Å²) >= 11 is 4.36. The zero-order valence-electron chi connectivity index (χ0n) is 32.7. The van der Waals surface area contributed by atoms with Gasteiger partial charge in [-0.1, -0.05) is 46.9 Å². The number of nitrogens with one attached hydrogen (secondary N) is 3. The summed E-state index contributed by atoms with van der Waals surface area (Å²) in [4.78, 5) is 45.3. The number of phosphoric ester groups is 1. The molecule has 3 fully saturated rings. The minimum atomic E-state index is -4.62. The number of fused-ring (bicyclic) bond motifs is 4. The summed E-state index contributed by atoms with van der Waals surface area (Å²) in [7, 11) is -7.35. The van der Waals surface area contributed by atoms with Crippen LogP contribution in [0.4, 0.5) is 11.8 Å². The number of anilines is 2. The van der Waals surface area contributed by atoms with Crippen LogP contribution in [0.2, 0.25) is 18.1 Å². The van der Waals surface area contributed by atoms with Gasteiger partial charge in [0.25, 0.3) is 5.56 Å². The second-order valence-electron chi connectivity index (χ2n) is 15.9. The van der Waals surface area contributed by atoms with Crippen molar-refractivity contribution in [3.8, 4) is 6.07 Å². The fourth-order valence-corrected chi connectivity index (χ4v) is 10.7. The summed E-state index contributed by atoms with van der Waals surface area (Å²) in [6, 6.07) is 3.44. The van der Waals surface area contributed by atoms with Crippen molar-refractivity contribution >= 4 is 64.0 Å². The van der Waals surface area contributed by atoms with Gasteiger partial charge in [-0.3, -0.25) is 47.1 Å². The molecule has 0 spiro atoms. The average Bonchev–Trinajstić information content (AvgIpc) is 3.81. The summed E-state index contributed by atoms with van der Waals surface area (Å²) in [6.07, 6.45) is -0.605. The van der Waals surface area contributed by atoms with Gasteiger partial charge in [0.2, 0.25) is 11.9 Å². The number of amides is 1. The van der Waals surface area contributed by atoms with E-state index in [9.17, 15) is 24.0 Å². The third-order valence-corrected chi connectivity index (χ3v) is 18.0. The van der Waals surface area contributed by atoms with Crippen LogP contribution in [0.5, 0.6) is 0 Å². The molecule has 1 saturated carbocycles. The summed E-state index contributed by atoms with van der Waals surface area (Å²) in [5, 5.41) is 14.9. The minimum absolute atomic E-state index is 0.00876. The second kappa shape index (κ2) is 17.3. The van der Waals surface area contributed by atoms with Crippen molar-refractivity contribution in [1.29, 1.82) is 5.26 Å². The zero-order valence-corrected chi connectivity index (χ0v) is 36.4. The van der Waals surface area contributed by atoms with E-state index >= 15 is 0 Å². The number of thiol groups is 1. The zero-order chi connectivity index (χ0) is 41.3. The quantitative estimate of drug-likeness (QED) is 0.0840. The van der Waals surface area contributed by atoms with Crippen LogP contribution in [-0.2, 0) is 45.7 Å². The van der Waals surface area contributed by atoms with Gasteiger partial charge in [-0.15, -0.1) is 0 Å². The van der Waals surface area contributed by atoms with Gasteiger partial charge < -0.3 is 14.5 Å². The Morgan fingerprint density at radius 3 is 2.63 bits per heavy atom. The first-order valence-corrected chi connectivity index (χ1v) is 25.6. The number of ether oxygens (including phenoxy) is 1. The molecule has 6 rings (SSSR count). The van der Waals surface area contributed by atoms with Crippen LogP contribution in [0.1, 0.15) is 60.1 Å². The van der Waals surface area contributed by atoms with Gasteiger partial charge in [-0.2, -0.15) is 10.2 Å². The van der Waals surface area contributed by atoms with Crippen LogP contribution >= 0.6 is 26.9 Å². The van der Waals surface area contributed by atoms with E-state index in [0.717, 1.165) is 0 Å². The van der Waals surface area contributed by atoms with Crippen molar-refractivity contribution < 1.29 is 45.7 Å². The Balaban J connectivity index is 1.42. The highest BCUT2D eigenvalue weighted by Crippen LogP contribution is 2.60. The summed E-state index contributed by atoms with van der Waals surface area (Å²) in [6.45, 7) is 8.42. The van der Waals surface area contributed by atoms with Crippen LogP contribution in [0.25, 0.3) is 11.2 Å². The van der Waals surface area contributed by atoms with E-state index < -0.39 is 76.9 Å². The maximum Gasteiger partial charge on any atom is 0.475 e. The number of phosphoric acid groups is 1. The smallest absolute Gasteiger partial charge is 0.408 e. The Labute approximate surface area is 335 Å². The number of aromatic nitrogens is 6. The van der Waals surface area contributed by atoms with E-state index in [1.807, 2.05) is 39.9 Å². The molecule has 3 N–H and O–H groups in total. The lowest BCUT2D eigenvalue weighted by Gasteiger charge is -2.40. The highest BCUT2D eigenvalue weighted by molar-refractivity contribution is 8.44. The number of H-pyrrole nitrogens is 1. The number of carbonyl (C=O) groups is 1. The van der Waals surface area contributed by atoms with Gasteiger partial charge in [0.1, 0.15) is 30.5 Å². The van der Waals surface area contributed by atoms with Crippen LogP contribution < -0.4 is 16.2 Å². The van der Waals surface area contributed by atoms with Crippen molar-refractivity contribution in [2.75, 3.05) is 30.5 Å². The van der Waals surface area contributed by atoms with Crippen molar-refractivity contribution in [2.24, 2.45) is 11.8 Å². The van der Waals surface area contributed by atoms with E-state index in [-0.39, 0.29) is 54.4 Å². The number of nitrogens with zero attached hydrogens (tertiary/aromatic N) is 6. The van der Waals surface area contributed by atoms with E-state index in [0.29, 0.717) is 18.7 Å². The first-order valence-electron chi connectivity index (χ1n) is 18.5. The molecular formula is C33H49N9O11P2SSi. The maximum atomic E-state index is 14.9. The molecule has 3 aromatic rings. The van der Waals surface area contributed by atoms with E-state index in [1.165, 1.54) is 17.2 Å². The third kappa shape index (κ3) is 10.2. The summed E-state index contributed by atoms with van der Waals surface area (Å²) < 4.78 is 74.2. The molecule has 1 aliphatic carbocycles. The Hall–Kier alpha value is -3.06. The van der Waals surface area contributed by atoms with Gasteiger partial charge in [-0.25, -0.2) is 24.1 Å². The number of imidazole rings is 1. The fraction of sp³-hybridized carbons (Fsp3) is 0.667. The van der Waals surface area contributed by atoms with E-state index in [4.69, 9.17) is 31.8 Å². The molecule has 2 bridgehead atoms. The molecule has 2 aliphatic heterocycles. The number of aromatic amines is 1. The molecule has 24 heteroatoms. The molecule has 3 unspecified atom stereocenters. The lowest BCUT2D eigenvalue weighted by Crippen LogP contribution is -2.50. The molecular weight excluding hydrogens is 821 g/mol. The predicted octanol–water partition coefficient (Wildman–Crippen LogP) is 5.58. The molecule has 1 amide bonds. The number of rotatable bonds is 10. The lowest BCUT2D eigenvalue weighted by molar-refractivity contribution is -0.118. The maximum absolute atomic E-state index is 14.9. The van der Waals surface area contributed by atoms with Crippen molar-refractivity contribution in [1.82, 2.24) is 29.5 Å². The monoisotopic (exact) mass is 869 g/mol.